The molecule has 6 aromatic heterocycles. The molecule has 0 aliphatic carbocycles. The first-order chi connectivity index (χ1) is 52.3. The molecule has 17 heteroatoms. The van der Waals surface area contributed by atoms with Gasteiger partial charge in [0.15, 0.2) is 28.8 Å². The number of fused-ring (bicyclic) bond motifs is 4. The Labute approximate surface area is 659 Å². The average molecular weight is 1680 g/mol. The molecule has 2 aliphatic rings. The molecule has 0 spiro atoms. The molecule has 2 N–H and O–H groups in total. The Kier molecular flexibility index (Phi) is 30.7. The van der Waals surface area contributed by atoms with Crippen LogP contribution in [0.4, 0.5) is 0 Å². The number of carbonyl (C=O) groups excluding carboxylic acids is 1. The Hall–Kier alpha value is -11.6. The second-order valence-corrected chi connectivity index (χ2v) is 27.9. The van der Waals surface area contributed by atoms with E-state index >= 15 is 0 Å². The van der Waals surface area contributed by atoms with Gasteiger partial charge in [0.1, 0.15) is 41.7 Å². The zero-order valence-corrected chi connectivity index (χ0v) is 64.6. The monoisotopic (exact) mass is 1680 g/mol. The van der Waals surface area contributed by atoms with Gasteiger partial charge in [-0.1, -0.05) is 233 Å². The number of ketones is 1. The number of carbonyl (C=O) groups is 1. The molecule has 0 fully saturated rings. The zero-order valence-electron chi connectivity index (χ0n) is 59.4. The first-order valence-corrected chi connectivity index (χ1v) is 37.3. The Balaban J connectivity index is 0.000000143. The molecule has 1 atom stereocenters. The summed E-state index contributed by atoms with van der Waals surface area (Å²) in [6.45, 7) is 4.65. The minimum Gasteiger partial charge on any atom is -0.512 e. The van der Waals surface area contributed by atoms with Crippen LogP contribution in [0.25, 0.3) is 61.6 Å². The summed E-state index contributed by atoms with van der Waals surface area (Å²) in [5, 5.41) is 28.9. The molecule has 0 bridgehead atoms. The van der Waals surface area contributed by atoms with Crippen LogP contribution in [0, 0.1) is 6.07 Å². The summed E-state index contributed by atoms with van der Waals surface area (Å²) < 4.78 is 13.6. The van der Waals surface area contributed by atoms with E-state index in [0.717, 1.165) is 47.2 Å². The number of imidazole rings is 1. The van der Waals surface area contributed by atoms with Crippen molar-refractivity contribution >= 4 is 89.1 Å². The maximum Gasteiger partial charge on any atom is 1.00 e. The van der Waals surface area contributed by atoms with E-state index in [4.69, 9.17) is 9.84 Å². The maximum absolute atomic E-state index is 10.0. The van der Waals surface area contributed by atoms with E-state index in [2.05, 4.69) is 264 Å². The molecule has 18 rings (SSSR count). The molecule has 16 aromatic rings. The number of ether oxygens (including phenoxy) is 1. The van der Waals surface area contributed by atoms with Gasteiger partial charge in [-0.05, 0) is 133 Å². The van der Waals surface area contributed by atoms with E-state index in [0.29, 0.717) is 20.2 Å². The van der Waals surface area contributed by atoms with Crippen molar-refractivity contribution in [1.29, 1.82) is 0 Å². The van der Waals surface area contributed by atoms with Crippen LogP contribution in [-0.4, -0.2) is 42.6 Å². The smallest absolute Gasteiger partial charge is 0.512 e. The van der Waals surface area contributed by atoms with E-state index in [1.165, 1.54) is 85.1 Å². The SMILES string of the molecule is CC(=O)/C=C(/C)O.[B]1/C=C\C=C/NC[n+]2ccccc21.[Cu+].[Pt].[c-]1ccccc1-c1ccccn1.c1cc2c3c(c1)ccn1c4ccccc4[n+](c31)C2.c1ccc(-c2n[n-]c(-c3ccccn3)n2)cc1.c1ccc(Pc2ccccc2Oc2ccccc2[PH+](c2ccccc2)c2ccccc2)cc1.c1ccccc1. The van der Waals surface area contributed by atoms with E-state index < -0.39 is 7.92 Å². The third kappa shape index (κ3) is 22.3. The Morgan fingerprint density at radius 1 is 0.620 bits per heavy atom. The third-order valence-corrected chi connectivity index (χ3v) is 20.6. The number of allylic oxidation sites excluding steroid dienone is 4. The third-order valence-electron chi connectivity index (χ3n) is 16.5. The van der Waals surface area contributed by atoms with E-state index in [1.54, 1.807) is 12.4 Å². The van der Waals surface area contributed by atoms with Crippen molar-refractivity contribution in [2.75, 3.05) is 0 Å². The summed E-state index contributed by atoms with van der Waals surface area (Å²) in [4.78, 5) is 22.8. The van der Waals surface area contributed by atoms with Crippen LogP contribution in [0.3, 0.4) is 0 Å². The predicted octanol–water partition coefficient (Wildman–Crippen LogP) is 15.8. The van der Waals surface area contributed by atoms with Crippen molar-refractivity contribution in [3.63, 3.8) is 0 Å². The Bertz CT molecular complexity index is 5340. The second-order valence-electron chi connectivity index (χ2n) is 24.1. The van der Waals surface area contributed by atoms with Crippen LogP contribution in [0.2, 0.25) is 0 Å². The molecule has 2 aliphatic heterocycles. The fraction of sp³-hybridized carbons (Fsp3) is 0.0440. The van der Waals surface area contributed by atoms with Gasteiger partial charge in [-0.15, -0.1) is 41.9 Å². The summed E-state index contributed by atoms with van der Waals surface area (Å²) in [5.41, 5.74) is 10.3. The van der Waals surface area contributed by atoms with Gasteiger partial charge >= 0.3 is 17.1 Å². The molecule has 0 saturated carbocycles. The van der Waals surface area contributed by atoms with E-state index in [9.17, 15) is 4.79 Å². The molecule has 0 amide bonds. The number of nitrogens with one attached hydrogen (secondary N) is 1. The average Bonchev–Trinajstić information content (AvgIpc) is 1.56. The van der Waals surface area contributed by atoms with Crippen LogP contribution >= 0.6 is 16.5 Å². The Morgan fingerprint density at radius 3 is 1.88 bits per heavy atom. The van der Waals surface area contributed by atoms with Crippen molar-refractivity contribution in [2.45, 2.75) is 27.1 Å². The van der Waals surface area contributed by atoms with Gasteiger partial charge in [-0.25, -0.2) is 4.57 Å². The fourth-order valence-electron chi connectivity index (χ4n) is 11.8. The van der Waals surface area contributed by atoms with Crippen molar-refractivity contribution < 1.29 is 61.9 Å². The van der Waals surface area contributed by atoms with Crippen LogP contribution in [0.15, 0.2) is 395 Å². The van der Waals surface area contributed by atoms with Gasteiger partial charge in [-0.2, -0.15) is 8.97 Å². The van der Waals surface area contributed by atoms with E-state index in [1.807, 2.05) is 164 Å². The summed E-state index contributed by atoms with van der Waals surface area (Å²) in [5.74, 6) is 5.03. The number of benzene rings is 10. The summed E-state index contributed by atoms with van der Waals surface area (Å²) in [6.07, 6.45) is 14.9. The van der Waals surface area contributed by atoms with Gasteiger partial charge in [0, 0.05) is 62.7 Å². The maximum atomic E-state index is 10.0. The quantitative estimate of drug-likeness (QED) is 0.0324. The number of aliphatic hydroxyl groups is 1. The number of nitrogens with zero attached hydrogens (tertiary/aromatic N) is 8. The minimum atomic E-state index is -1.22. The molecular formula is C91H78BCuN9O3P2Pt+2. The van der Waals surface area contributed by atoms with Gasteiger partial charge in [0.05, 0.1) is 28.9 Å². The zero-order chi connectivity index (χ0) is 72.8. The number of aromatic nitrogens is 8. The Morgan fingerprint density at radius 2 is 1.22 bits per heavy atom. The number of hydrogen-bond acceptors (Lipinski definition) is 8. The van der Waals surface area contributed by atoms with Gasteiger partial charge in [0.2, 0.25) is 6.67 Å². The van der Waals surface area contributed by atoms with Crippen LogP contribution in [-0.2, 0) is 56.1 Å². The molecule has 10 aromatic carbocycles. The number of hydrogen-bond donors (Lipinski definition) is 2. The summed E-state index contributed by atoms with van der Waals surface area (Å²) >= 11 is 0. The molecule has 0 saturated heterocycles. The van der Waals surface area contributed by atoms with Crippen LogP contribution in [0.5, 0.6) is 11.5 Å². The largest absolute Gasteiger partial charge is 1.00 e. The first kappa shape index (κ1) is 79.0. The molecular weight excluding hydrogens is 1600 g/mol. The number of aliphatic hydroxyl groups excluding tert-OH is 1. The second kappa shape index (κ2) is 41.9. The van der Waals surface area contributed by atoms with Crippen LogP contribution < -0.4 is 56.4 Å². The summed E-state index contributed by atoms with van der Waals surface area (Å²) in [7, 11) is 1.42. The standard InChI is InChI=1S/C30H24OP2.C16H11N2.C13H9N4.C11H8N.C10H11BN2.C6H6.C5H8O2.Cu.Pt/c1-4-14-24(15-5-1)32-29-22-12-10-20-27(29)31-28-21-11-13-23-30(28)33(25-16-6-2-7-17-25)26-18-8-3-9-19-26;1-2-7-14-13(6-1)17-9-8-11-4-3-5-12-10-18(14)16(17)15(11)12;1-2-6-10(7-3-1)12-15-13(17-16-12)11-8-4-5-9-14-11;1-2-6-10(7-3-1)11-8-4-5-9-12-11;1-4-8-13-9-12-7-3-2-6-11-10(13)5-1;1-2-4-6-5-3-1;1-4(6)3-5(2)7;;/h1-23,32H;1-9H,10H2;1-9H;1-6,8-9H;1-8,12H,9H2;1-6H;3,6H,1-2H3;;/q;+1;2*-1;+1;;;+1;/p+1/b;;;;6-2-,7-3-;;4-3-;;. The van der Waals surface area contributed by atoms with Gasteiger partial charge in [-0.3, -0.25) is 14.9 Å². The topological polar surface area (TPSA) is 136 Å². The van der Waals surface area contributed by atoms with Crippen molar-refractivity contribution in [2.24, 2.45) is 0 Å². The molecule has 12 nitrogen and oxygen atoms in total. The number of pyridine rings is 4. The molecule has 8 heterocycles. The molecule has 1 radical (unpaired) electrons. The number of para-hydroxylation sites is 4. The predicted molar refractivity (Wildman–Crippen MR) is 438 cm³/mol. The van der Waals surface area contributed by atoms with Gasteiger partial charge in [0.25, 0.3) is 12.9 Å². The van der Waals surface area contributed by atoms with Crippen molar-refractivity contribution in [1.82, 2.24) is 34.9 Å². The fourth-order valence-corrected chi connectivity index (χ4v) is 15.6. The molecule has 537 valence electrons. The molecule has 1 unspecified atom stereocenters. The normalized spacial score (nSPS) is 11.9. The van der Waals surface area contributed by atoms with Gasteiger partial charge < -0.3 is 30.2 Å². The number of rotatable bonds is 11. The van der Waals surface area contributed by atoms with Crippen molar-refractivity contribution in [3.05, 3.63) is 406 Å². The minimum absolute atomic E-state index is 0. The molecule has 108 heavy (non-hydrogen) atoms. The first-order valence-electron chi connectivity index (χ1n) is 34.8. The van der Waals surface area contributed by atoms with E-state index in [-0.39, 0.29) is 49.7 Å². The van der Waals surface area contributed by atoms with Crippen LogP contribution in [0.1, 0.15) is 19.4 Å². The van der Waals surface area contributed by atoms with Crippen molar-refractivity contribution in [3.8, 4) is 45.7 Å². The summed E-state index contributed by atoms with van der Waals surface area (Å²) in [6, 6.07) is 117.